The summed E-state index contributed by atoms with van der Waals surface area (Å²) < 4.78 is 22.2. The number of hydrogen-bond donors (Lipinski definition) is 1. The zero-order chi connectivity index (χ0) is 14.6. The van der Waals surface area contributed by atoms with Crippen LogP contribution in [0.5, 0.6) is 0 Å². The molecule has 0 spiro atoms. The Balaban J connectivity index is 2.51. The Kier molecular flexibility index (Phi) is 5.76. The van der Waals surface area contributed by atoms with E-state index in [4.69, 9.17) is 5.73 Å². The molecule has 1 aliphatic rings. The fraction of sp³-hybridized carbons (Fsp3) is 0.917. The first-order chi connectivity index (χ1) is 8.70. The van der Waals surface area contributed by atoms with E-state index in [0.29, 0.717) is 0 Å². The maximum Gasteiger partial charge on any atom is 0.239 e. The van der Waals surface area contributed by atoms with Crippen LogP contribution in [-0.2, 0) is 14.6 Å². The molecule has 1 amide bonds. The van der Waals surface area contributed by atoms with E-state index in [9.17, 15) is 13.2 Å². The molecule has 2 unspecified atom stereocenters. The molecule has 1 saturated heterocycles. The SMILES string of the molecule is CN1CCCC(N(C)C(=O)C(N)CCS(C)(=O)=O)C1. The van der Waals surface area contributed by atoms with Crippen molar-refractivity contribution in [3.05, 3.63) is 0 Å². The third-order valence-corrected chi connectivity index (χ3v) is 4.59. The second-order valence-electron chi connectivity index (χ2n) is 5.53. The molecule has 0 aromatic rings. The minimum Gasteiger partial charge on any atom is -0.340 e. The summed E-state index contributed by atoms with van der Waals surface area (Å²) >= 11 is 0. The van der Waals surface area contributed by atoms with Crippen LogP contribution in [0.15, 0.2) is 0 Å². The lowest BCUT2D eigenvalue weighted by Crippen LogP contribution is -2.52. The Labute approximate surface area is 115 Å². The van der Waals surface area contributed by atoms with Gasteiger partial charge in [-0.2, -0.15) is 0 Å². The number of piperidine rings is 1. The number of sulfone groups is 1. The number of likely N-dealkylation sites (N-methyl/N-ethyl adjacent to an activating group) is 2. The van der Waals surface area contributed by atoms with Gasteiger partial charge < -0.3 is 15.5 Å². The summed E-state index contributed by atoms with van der Waals surface area (Å²) in [5, 5.41) is 0. The number of rotatable bonds is 5. The number of carbonyl (C=O) groups excluding carboxylic acids is 1. The van der Waals surface area contributed by atoms with Gasteiger partial charge in [0.2, 0.25) is 5.91 Å². The van der Waals surface area contributed by atoms with Crippen LogP contribution in [-0.4, -0.2) is 75.4 Å². The monoisotopic (exact) mass is 291 g/mol. The molecule has 19 heavy (non-hydrogen) atoms. The second-order valence-corrected chi connectivity index (χ2v) is 7.79. The van der Waals surface area contributed by atoms with E-state index in [1.807, 2.05) is 7.05 Å². The molecule has 0 aliphatic carbocycles. The average Bonchev–Trinajstić information content (AvgIpc) is 2.33. The maximum atomic E-state index is 12.2. The molecule has 2 atom stereocenters. The molecule has 6 nitrogen and oxygen atoms in total. The zero-order valence-electron chi connectivity index (χ0n) is 12.0. The van der Waals surface area contributed by atoms with Gasteiger partial charge >= 0.3 is 0 Å². The predicted molar refractivity (Wildman–Crippen MR) is 75.6 cm³/mol. The standard InChI is InChI=1S/C12H25N3O3S/c1-14-7-4-5-10(9-14)15(2)12(16)11(13)6-8-19(3,17)18/h10-11H,4-9,13H2,1-3H3. The van der Waals surface area contributed by atoms with Crippen LogP contribution in [0.4, 0.5) is 0 Å². The summed E-state index contributed by atoms with van der Waals surface area (Å²) in [4.78, 5) is 16.0. The van der Waals surface area contributed by atoms with Crippen molar-refractivity contribution < 1.29 is 13.2 Å². The molecule has 2 N–H and O–H groups in total. The first kappa shape index (κ1) is 16.4. The van der Waals surface area contributed by atoms with Crippen molar-refractivity contribution in [1.82, 2.24) is 9.80 Å². The Bertz CT molecular complexity index is 410. The van der Waals surface area contributed by atoms with E-state index >= 15 is 0 Å². The lowest BCUT2D eigenvalue weighted by molar-refractivity contribution is -0.134. The summed E-state index contributed by atoms with van der Waals surface area (Å²) in [6.07, 6.45) is 3.39. The van der Waals surface area contributed by atoms with E-state index in [-0.39, 0.29) is 24.1 Å². The molecule has 0 aromatic heterocycles. The van der Waals surface area contributed by atoms with E-state index in [1.54, 1.807) is 11.9 Å². The Morgan fingerprint density at radius 1 is 1.53 bits per heavy atom. The van der Waals surface area contributed by atoms with Gasteiger partial charge in [0, 0.05) is 25.9 Å². The molecule has 1 rings (SSSR count). The summed E-state index contributed by atoms with van der Waals surface area (Å²) in [6, 6.07) is -0.553. The maximum absolute atomic E-state index is 12.2. The largest absolute Gasteiger partial charge is 0.340 e. The molecular formula is C12H25N3O3S. The van der Waals surface area contributed by atoms with Crippen LogP contribution >= 0.6 is 0 Å². The smallest absolute Gasteiger partial charge is 0.239 e. The predicted octanol–water partition coefficient (Wildman–Crippen LogP) is -0.699. The van der Waals surface area contributed by atoms with Crippen LogP contribution in [0, 0.1) is 0 Å². The van der Waals surface area contributed by atoms with Crippen LogP contribution in [0.1, 0.15) is 19.3 Å². The molecule has 112 valence electrons. The summed E-state index contributed by atoms with van der Waals surface area (Å²) in [5.74, 6) is -0.206. The third-order valence-electron chi connectivity index (χ3n) is 3.61. The van der Waals surface area contributed by atoms with Gasteiger partial charge in [-0.25, -0.2) is 8.42 Å². The van der Waals surface area contributed by atoms with Crippen molar-refractivity contribution >= 4 is 15.7 Å². The van der Waals surface area contributed by atoms with Crippen LogP contribution in [0.3, 0.4) is 0 Å². The minimum absolute atomic E-state index is 0.0433. The molecule has 0 aromatic carbocycles. The first-order valence-electron chi connectivity index (χ1n) is 6.59. The van der Waals surface area contributed by atoms with Crippen molar-refractivity contribution in [1.29, 1.82) is 0 Å². The molecule has 1 aliphatic heterocycles. The first-order valence-corrected chi connectivity index (χ1v) is 8.65. The highest BCUT2D eigenvalue weighted by Crippen LogP contribution is 2.14. The van der Waals surface area contributed by atoms with Gasteiger partial charge in [0.1, 0.15) is 9.84 Å². The Hall–Kier alpha value is -0.660. The molecule has 1 heterocycles. The van der Waals surface area contributed by atoms with Crippen molar-refractivity contribution in [2.45, 2.75) is 31.3 Å². The van der Waals surface area contributed by atoms with Crippen molar-refractivity contribution in [3.8, 4) is 0 Å². The van der Waals surface area contributed by atoms with Crippen molar-refractivity contribution in [2.24, 2.45) is 5.73 Å². The van der Waals surface area contributed by atoms with Crippen molar-refractivity contribution in [3.63, 3.8) is 0 Å². The number of amides is 1. The molecule has 0 radical (unpaired) electrons. The van der Waals surface area contributed by atoms with Crippen LogP contribution < -0.4 is 5.73 Å². The summed E-state index contributed by atoms with van der Waals surface area (Å²) in [6.45, 7) is 1.90. The van der Waals surface area contributed by atoms with Crippen LogP contribution in [0.2, 0.25) is 0 Å². The van der Waals surface area contributed by atoms with E-state index in [0.717, 1.165) is 32.2 Å². The highest BCUT2D eigenvalue weighted by Gasteiger charge is 2.27. The Morgan fingerprint density at radius 3 is 2.68 bits per heavy atom. The lowest BCUT2D eigenvalue weighted by Gasteiger charge is -2.36. The second kappa shape index (κ2) is 6.67. The number of nitrogens with zero attached hydrogens (tertiary/aromatic N) is 2. The van der Waals surface area contributed by atoms with Gasteiger partial charge in [-0.3, -0.25) is 4.79 Å². The normalized spacial score (nSPS) is 23.1. The molecular weight excluding hydrogens is 266 g/mol. The van der Waals surface area contributed by atoms with E-state index in [1.165, 1.54) is 0 Å². The number of likely N-dealkylation sites (tertiary alicyclic amines) is 1. The third kappa shape index (κ3) is 5.46. The topological polar surface area (TPSA) is 83.7 Å². The zero-order valence-corrected chi connectivity index (χ0v) is 12.8. The molecule has 0 bridgehead atoms. The minimum atomic E-state index is -3.07. The Morgan fingerprint density at radius 2 is 2.16 bits per heavy atom. The summed E-state index contributed by atoms with van der Waals surface area (Å²) in [7, 11) is 0.721. The summed E-state index contributed by atoms with van der Waals surface area (Å²) in [5.41, 5.74) is 5.80. The van der Waals surface area contributed by atoms with Gasteiger partial charge in [0.25, 0.3) is 0 Å². The number of hydrogen-bond acceptors (Lipinski definition) is 5. The highest BCUT2D eigenvalue weighted by molar-refractivity contribution is 7.90. The average molecular weight is 291 g/mol. The number of nitrogens with two attached hydrogens (primary N) is 1. The van der Waals surface area contributed by atoms with Gasteiger partial charge in [0.15, 0.2) is 0 Å². The molecule has 1 fully saturated rings. The lowest BCUT2D eigenvalue weighted by atomic mass is 10.0. The fourth-order valence-electron chi connectivity index (χ4n) is 2.36. The number of carbonyl (C=O) groups is 1. The van der Waals surface area contributed by atoms with Crippen molar-refractivity contribution in [2.75, 3.05) is 39.2 Å². The van der Waals surface area contributed by atoms with E-state index in [2.05, 4.69) is 4.90 Å². The highest BCUT2D eigenvalue weighted by atomic mass is 32.2. The molecule has 7 heteroatoms. The van der Waals surface area contributed by atoms with E-state index < -0.39 is 15.9 Å². The van der Waals surface area contributed by atoms with Gasteiger partial charge in [-0.1, -0.05) is 0 Å². The van der Waals surface area contributed by atoms with Gasteiger partial charge in [-0.15, -0.1) is 0 Å². The van der Waals surface area contributed by atoms with Gasteiger partial charge in [0.05, 0.1) is 11.8 Å². The van der Waals surface area contributed by atoms with Gasteiger partial charge in [-0.05, 0) is 32.9 Å². The molecule has 0 saturated carbocycles. The quantitative estimate of drug-likeness (QED) is 0.724. The fourth-order valence-corrected chi connectivity index (χ4v) is 3.04. The van der Waals surface area contributed by atoms with Crippen LogP contribution in [0.25, 0.3) is 0 Å².